The van der Waals surface area contributed by atoms with Gasteiger partial charge in [-0.1, -0.05) is 29.3 Å². The van der Waals surface area contributed by atoms with E-state index in [4.69, 9.17) is 40.2 Å². The number of thiocarbonyl (C=S) groups is 1. The molecule has 1 atom stereocenters. The summed E-state index contributed by atoms with van der Waals surface area (Å²) in [5.41, 5.74) is 4.48. The maximum absolute atomic E-state index is 5.98. The third-order valence-corrected chi connectivity index (χ3v) is 4.15. The van der Waals surface area contributed by atoms with Crippen molar-refractivity contribution in [2.45, 2.75) is 25.9 Å². The predicted octanol–water partition coefficient (Wildman–Crippen LogP) is 3.36. The molecule has 0 bridgehead atoms. The van der Waals surface area contributed by atoms with Gasteiger partial charge in [0.25, 0.3) is 0 Å². The molecule has 1 aromatic carbocycles. The van der Waals surface area contributed by atoms with E-state index in [1.807, 2.05) is 13.0 Å². The molecule has 114 valence electrons. The van der Waals surface area contributed by atoms with Crippen LogP contribution >= 0.6 is 35.4 Å². The van der Waals surface area contributed by atoms with Crippen LogP contribution in [-0.4, -0.2) is 30.1 Å². The van der Waals surface area contributed by atoms with Crippen molar-refractivity contribution in [2.24, 2.45) is 5.10 Å². The third kappa shape index (κ3) is 5.11. The highest BCUT2D eigenvalue weighted by Gasteiger charge is 2.15. The Morgan fingerprint density at radius 3 is 2.90 bits per heavy atom. The molecule has 21 heavy (non-hydrogen) atoms. The van der Waals surface area contributed by atoms with E-state index < -0.39 is 0 Å². The van der Waals surface area contributed by atoms with Gasteiger partial charge >= 0.3 is 0 Å². The number of hydrogen-bond donors (Lipinski definition) is 2. The average molecular weight is 346 g/mol. The Kier molecular flexibility index (Phi) is 6.23. The summed E-state index contributed by atoms with van der Waals surface area (Å²) in [6, 6.07) is 5.37. The Morgan fingerprint density at radius 1 is 1.43 bits per heavy atom. The molecule has 0 aliphatic carbocycles. The van der Waals surface area contributed by atoms with Crippen molar-refractivity contribution >= 4 is 46.2 Å². The maximum Gasteiger partial charge on any atom is 0.187 e. The van der Waals surface area contributed by atoms with E-state index in [0.29, 0.717) is 21.7 Å². The molecule has 0 spiro atoms. The van der Waals surface area contributed by atoms with Gasteiger partial charge in [-0.25, -0.2) is 0 Å². The fraction of sp³-hybridized carbons (Fsp3) is 0.429. The SMILES string of the molecule is C/C(=N/NC(=S)NC[C@@H]1CCCO1)c1ccc(Cl)c(Cl)c1. The number of nitrogens with zero attached hydrogens (tertiary/aromatic N) is 1. The molecule has 0 saturated carbocycles. The van der Waals surface area contributed by atoms with E-state index >= 15 is 0 Å². The Bertz CT molecular complexity index is 545. The van der Waals surface area contributed by atoms with E-state index in [-0.39, 0.29) is 6.10 Å². The molecule has 1 saturated heterocycles. The van der Waals surface area contributed by atoms with Gasteiger partial charge in [-0.05, 0) is 49.7 Å². The number of ether oxygens (including phenoxy) is 1. The van der Waals surface area contributed by atoms with Crippen molar-refractivity contribution in [1.82, 2.24) is 10.7 Å². The minimum absolute atomic E-state index is 0.241. The van der Waals surface area contributed by atoms with Crippen LogP contribution in [0.5, 0.6) is 0 Å². The van der Waals surface area contributed by atoms with Crippen molar-refractivity contribution in [3.05, 3.63) is 33.8 Å². The molecule has 1 heterocycles. The molecule has 0 aromatic heterocycles. The highest BCUT2D eigenvalue weighted by molar-refractivity contribution is 7.80. The number of nitrogens with one attached hydrogen (secondary N) is 2. The predicted molar refractivity (Wildman–Crippen MR) is 91.4 cm³/mol. The van der Waals surface area contributed by atoms with Crippen LogP contribution in [0.4, 0.5) is 0 Å². The second-order valence-corrected chi connectivity index (χ2v) is 6.01. The molecule has 2 N–H and O–H groups in total. The summed E-state index contributed by atoms with van der Waals surface area (Å²) in [5, 5.41) is 8.83. The van der Waals surface area contributed by atoms with Crippen molar-refractivity contribution in [3.8, 4) is 0 Å². The quantitative estimate of drug-likeness (QED) is 0.499. The summed E-state index contributed by atoms with van der Waals surface area (Å²) in [7, 11) is 0. The van der Waals surface area contributed by atoms with Gasteiger partial charge in [-0.2, -0.15) is 5.10 Å². The number of rotatable bonds is 4. The molecule has 4 nitrogen and oxygen atoms in total. The fourth-order valence-corrected chi connectivity index (χ4v) is 2.40. The van der Waals surface area contributed by atoms with Gasteiger partial charge in [-0.3, -0.25) is 5.43 Å². The lowest BCUT2D eigenvalue weighted by Gasteiger charge is -2.12. The first-order valence-corrected chi connectivity index (χ1v) is 7.88. The molecule has 1 aliphatic heterocycles. The molecule has 0 amide bonds. The first-order chi connectivity index (χ1) is 10.1. The maximum atomic E-state index is 5.98. The Balaban J connectivity index is 1.84. The number of benzene rings is 1. The van der Waals surface area contributed by atoms with Gasteiger partial charge in [0.15, 0.2) is 5.11 Å². The van der Waals surface area contributed by atoms with Crippen LogP contribution in [0.15, 0.2) is 23.3 Å². The summed E-state index contributed by atoms with van der Waals surface area (Å²) in [5.74, 6) is 0. The smallest absolute Gasteiger partial charge is 0.187 e. The molecule has 1 aliphatic rings. The summed E-state index contributed by atoms with van der Waals surface area (Å²) in [6.45, 7) is 3.41. The number of hydrogen-bond acceptors (Lipinski definition) is 3. The normalized spacial score (nSPS) is 18.6. The summed E-state index contributed by atoms with van der Waals surface area (Å²) in [6.07, 6.45) is 2.42. The zero-order chi connectivity index (χ0) is 15.2. The zero-order valence-corrected chi connectivity index (χ0v) is 14.0. The van der Waals surface area contributed by atoms with Crippen LogP contribution < -0.4 is 10.7 Å². The second kappa shape index (κ2) is 7.94. The van der Waals surface area contributed by atoms with Crippen molar-refractivity contribution in [3.63, 3.8) is 0 Å². The molecule has 7 heteroatoms. The minimum atomic E-state index is 0.241. The van der Waals surface area contributed by atoms with Crippen molar-refractivity contribution in [1.29, 1.82) is 0 Å². The molecule has 0 unspecified atom stereocenters. The lowest BCUT2D eigenvalue weighted by molar-refractivity contribution is 0.114. The molecule has 2 rings (SSSR count). The van der Waals surface area contributed by atoms with Crippen LogP contribution in [-0.2, 0) is 4.74 Å². The monoisotopic (exact) mass is 345 g/mol. The highest BCUT2D eigenvalue weighted by Crippen LogP contribution is 2.22. The van der Waals surface area contributed by atoms with Crippen LogP contribution in [0.1, 0.15) is 25.3 Å². The molecular weight excluding hydrogens is 329 g/mol. The average Bonchev–Trinajstić information content (AvgIpc) is 2.98. The fourth-order valence-electron chi connectivity index (χ4n) is 1.97. The second-order valence-electron chi connectivity index (χ2n) is 4.78. The van der Waals surface area contributed by atoms with Crippen LogP contribution in [0.3, 0.4) is 0 Å². The summed E-state index contributed by atoms with van der Waals surface area (Å²) in [4.78, 5) is 0. The summed E-state index contributed by atoms with van der Waals surface area (Å²) < 4.78 is 5.51. The lowest BCUT2D eigenvalue weighted by atomic mass is 10.1. The van der Waals surface area contributed by atoms with Gasteiger partial charge in [-0.15, -0.1) is 0 Å². The standard InChI is InChI=1S/C14H17Cl2N3OS/c1-9(10-4-5-12(15)13(16)7-10)18-19-14(21)17-8-11-3-2-6-20-11/h4-5,7,11H,2-3,6,8H2,1H3,(H2,17,19,21)/b18-9-/t11-/m0/s1. The third-order valence-electron chi connectivity index (χ3n) is 3.18. The van der Waals surface area contributed by atoms with E-state index in [2.05, 4.69) is 15.8 Å². The van der Waals surface area contributed by atoms with E-state index in [1.54, 1.807) is 12.1 Å². The van der Waals surface area contributed by atoms with E-state index in [9.17, 15) is 0 Å². The largest absolute Gasteiger partial charge is 0.376 e. The molecule has 0 radical (unpaired) electrons. The first-order valence-electron chi connectivity index (χ1n) is 6.71. The minimum Gasteiger partial charge on any atom is -0.376 e. The van der Waals surface area contributed by atoms with Crippen molar-refractivity contribution in [2.75, 3.05) is 13.2 Å². The van der Waals surface area contributed by atoms with E-state index in [1.165, 1.54) is 0 Å². The Labute approximate surface area is 139 Å². The van der Waals surface area contributed by atoms with Gasteiger partial charge in [0.2, 0.25) is 0 Å². The van der Waals surface area contributed by atoms with Crippen LogP contribution in [0.25, 0.3) is 0 Å². The molecular formula is C14H17Cl2N3OS. The van der Waals surface area contributed by atoms with Gasteiger partial charge < -0.3 is 10.1 Å². The van der Waals surface area contributed by atoms with Crippen molar-refractivity contribution < 1.29 is 4.74 Å². The molecule has 1 aromatic rings. The van der Waals surface area contributed by atoms with E-state index in [0.717, 1.165) is 30.7 Å². The Hall–Kier alpha value is -0.880. The number of halogens is 2. The zero-order valence-electron chi connectivity index (χ0n) is 11.7. The topological polar surface area (TPSA) is 45.7 Å². The number of hydrazone groups is 1. The summed E-state index contributed by atoms with van der Waals surface area (Å²) >= 11 is 17.0. The van der Waals surface area contributed by atoms with Gasteiger partial charge in [0, 0.05) is 13.2 Å². The first kappa shape index (κ1) is 16.5. The van der Waals surface area contributed by atoms with Gasteiger partial charge in [0.05, 0.1) is 21.9 Å². The lowest BCUT2D eigenvalue weighted by Crippen LogP contribution is -2.37. The van der Waals surface area contributed by atoms with Crippen LogP contribution in [0.2, 0.25) is 10.0 Å². The van der Waals surface area contributed by atoms with Crippen LogP contribution in [0, 0.1) is 0 Å². The molecule has 1 fully saturated rings. The Morgan fingerprint density at radius 2 is 2.24 bits per heavy atom. The highest BCUT2D eigenvalue weighted by atomic mass is 35.5. The van der Waals surface area contributed by atoms with Gasteiger partial charge in [0.1, 0.15) is 0 Å².